The Morgan fingerprint density at radius 3 is 2.42 bits per heavy atom. The zero-order chi connectivity index (χ0) is 13.7. The average Bonchev–Trinajstić information content (AvgIpc) is 2.42. The van der Waals surface area contributed by atoms with Gasteiger partial charge in [-0.2, -0.15) is 0 Å². The van der Waals surface area contributed by atoms with E-state index in [0.717, 1.165) is 24.5 Å². The summed E-state index contributed by atoms with van der Waals surface area (Å²) >= 11 is 5.71. The van der Waals surface area contributed by atoms with Crippen molar-refractivity contribution in [3.8, 4) is 5.75 Å². The molecule has 100 valence electrons. The second kappa shape index (κ2) is 6.50. The predicted molar refractivity (Wildman–Crippen MR) is 75.2 cm³/mol. The zero-order valence-electron chi connectivity index (χ0n) is 11.0. The largest absolute Gasteiger partial charge is 0.497 e. The van der Waals surface area contributed by atoms with Crippen LogP contribution >= 0.6 is 11.6 Å². The molecule has 1 aromatic heterocycles. The highest BCUT2D eigenvalue weighted by Gasteiger charge is 2.04. The summed E-state index contributed by atoms with van der Waals surface area (Å²) < 4.78 is 5.14. The number of rotatable bonds is 5. The predicted octanol–water partition coefficient (Wildman–Crippen LogP) is 2.77. The zero-order valence-corrected chi connectivity index (χ0v) is 11.8. The number of nitrogens with zero attached hydrogens (tertiary/aromatic N) is 3. The van der Waals surface area contributed by atoms with Crippen LogP contribution in [0.4, 0.5) is 0 Å². The van der Waals surface area contributed by atoms with Crippen LogP contribution in [0, 0.1) is 0 Å². The summed E-state index contributed by atoms with van der Waals surface area (Å²) in [5.41, 5.74) is 2.13. The van der Waals surface area contributed by atoms with Crippen molar-refractivity contribution in [2.75, 3.05) is 14.2 Å². The quantitative estimate of drug-likeness (QED) is 0.842. The molecule has 0 saturated carbocycles. The molecule has 0 spiro atoms. The van der Waals surface area contributed by atoms with Gasteiger partial charge in [0.2, 0.25) is 0 Å². The summed E-state index contributed by atoms with van der Waals surface area (Å²) in [5.74, 6) is 0.870. The molecule has 0 aliphatic rings. The third-order valence-electron chi connectivity index (χ3n) is 2.72. The van der Waals surface area contributed by atoms with E-state index < -0.39 is 0 Å². The van der Waals surface area contributed by atoms with E-state index in [1.54, 1.807) is 19.5 Å². The molecule has 2 rings (SSSR count). The van der Waals surface area contributed by atoms with Crippen molar-refractivity contribution in [3.63, 3.8) is 0 Å². The molecule has 0 unspecified atom stereocenters. The molecule has 1 aromatic carbocycles. The first-order valence-corrected chi connectivity index (χ1v) is 6.33. The molecule has 0 amide bonds. The number of halogens is 1. The van der Waals surface area contributed by atoms with E-state index in [9.17, 15) is 0 Å². The molecule has 0 aliphatic heterocycles. The Labute approximate surface area is 118 Å². The van der Waals surface area contributed by atoms with Crippen LogP contribution in [0.5, 0.6) is 5.75 Å². The molecule has 0 aliphatic carbocycles. The average molecular weight is 278 g/mol. The maximum atomic E-state index is 5.71. The summed E-state index contributed by atoms with van der Waals surface area (Å²) in [6, 6.07) is 8.04. The standard InChI is InChI=1S/C14H16ClN3O/c1-18(10-12-7-17-14(15)8-16-12)9-11-3-5-13(19-2)6-4-11/h3-8H,9-10H2,1-2H3. The second-order valence-corrected chi connectivity index (χ2v) is 4.74. The Kier molecular flexibility index (Phi) is 4.71. The molecule has 2 aromatic rings. The van der Waals surface area contributed by atoms with Crippen LogP contribution in [0.3, 0.4) is 0 Å². The van der Waals surface area contributed by atoms with Gasteiger partial charge in [0, 0.05) is 13.1 Å². The number of ether oxygens (including phenoxy) is 1. The molecule has 0 radical (unpaired) electrons. The smallest absolute Gasteiger partial charge is 0.147 e. The number of hydrogen-bond acceptors (Lipinski definition) is 4. The van der Waals surface area contributed by atoms with Crippen LogP contribution in [0.1, 0.15) is 11.3 Å². The minimum Gasteiger partial charge on any atom is -0.497 e. The van der Waals surface area contributed by atoms with Crippen molar-refractivity contribution in [2.45, 2.75) is 13.1 Å². The highest BCUT2D eigenvalue weighted by atomic mass is 35.5. The molecule has 5 heteroatoms. The molecule has 0 bridgehead atoms. The van der Waals surface area contributed by atoms with Gasteiger partial charge in [0.05, 0.1) is 25.2 Å². The Bertz CT molecular complexity index is 513. The van der Waals surface area contributed by atoms with Crippen molar-refractivity contribution in [1.82, 2.24) is 14.9 Å². The Morgan fingerprint density at radius 2 is 1.84 bits per heavy atom. The second-order valence-electron chi connectivity index (χ2n) is 4.35. The fourth-order valence-corrected chi connectivity index (χ4v) is 1.89. The van der Waals surface area contributed by atoms with Gasteiger partial charge in [0.1, 0.15) is 10.9 Å². The maximum Gasteiger partial charge on any atom is 0.147 e. The van der Waals surface area contributed by atoms with Crippen molar-refractivity contribution in [1.29, 1.82) is 0 Å². The number of hydrogen-bond donors (Lipinski definition) is 0. The molecule has 0 saturated heterocycles. The molecule has 4 nitrogen and oxygen atoms in total. The molecular weight excluding hydrogens is 262 g/mol. The minimum atomic E-state index is 0.418. The summed E-state index contributed by atoms with van der Waals surface area (Å²) in [5, 5.41) is 0.418. The summed E-state index contributed by atoms with van der Waals surface area (Å²) in [7, 11) is 3.71. The van der Waals surface area contributed by atoms with E-state index in [0.29, 0.717) is 5.15 Å². The molecule has 19 heavy (non-hydrogen) atoms. The Morgan fingerprint density at radius 1 is 1.11 bits per heavy atom. The fourth-order valence-electron chi connectivity index (χ4n) is 1.80. The summed E-state index contributed by atoms with van der Waals surface area (Å²) in [6.45, 7) is 1.57. The van der Waals surface area contributed by atoms with E-state index in [-0.39, 0.29) is 0 Å². The fraction of sp³-hybridized carbons (Fsp3) is 0.286. The lowest BCUT2D eigenvalue weighted by Gasteiger charge is -2.16. The van der Waals surface area contributed by atoms with Crippen LogP contribution in [-0.2, 0) is 13.1 Å². The van der Waals surface area contributed by atoms with Gasteiger partial charge >= 0.3 is 0 Å². The first kappa shape index (κ1) is 13.8. The number of aromatic nitrogens is 2. The van der Waals surface area contributed by atoms with Crippen LogP contribution in [0.15, 0.2) is 36.7 Å². The Hall–Kier alpha value is -1.65. The lowest BCUT2D eigenvalue weighted by atomic mass is 10.2. The molecule has 0 fully saturated rings. The topological polar surface area (TPSA) is 38.2 Å². The van der Waals surface area contributed by atoms with Gasteiger partial charge in [0.15, 0.2) is 0 Å². The number of methoxy groups -OCH3 is 1. The van der Waals surface area contributed by atoms with Crippen molar-refractivity contribution < 1.29 is 4.74 Å². The van der Waals surface area contributed by atoms with E-state index in [4.69, 9.17) is 16.3 Å². The van der Waals surface area contributed by atoms with Gasteiger partial charge in [-0.05, 0) is 24.7 Å². The van der Waals surface area contributed by atoms with E-state index in [1.165, 1.54) is 5.56 Å². The molecule has 1 heterocycles. The highest BCUT2D eigenvalue weighted by Crippen LogP contribution is 2.13. The van der Waals surface area contributed by atoms with E-state index in [1.807, 2.05) is 19.2 Å². The van der Waals surface area contributed by atoms with Crippen molar-refractivity contribution in [3.05, 3.63) is 53.1 Å². The van der Waals surface area contributed by atoms with Gasteiger partial charge in [0.25, 0.3) is 0 Å². The lowest BCUT2D eigenvalue weighted by Crippen LogP contribution is -2.18. The number of benzene rings is 1. The summed E-state index contributed by atoms with van der Waals surface area (Å²) in [6.07, 6.45) is 3.27. The lowest BCUT2D eigenvalue weighted by molar-refractivity contribution is 0.314. The van der Waals surface area contributed by atoms with E-state index >= 15 is 0 Å². The van der Waals surface area contributed by atoms with Crippen LogP contribution in [0.25, 0.3) is 0 Å². The summed E-state index contributed by atoms with van der Waals surface area (Å²) in [4.78, 5) is 10.4. The van der Waals surface area contributed by atoms with E-state index in [2.05, 4.69) is 27.0 Å². The first-order chi connectivity index (χ1) is 9.17. The van der Waals surface area contributed by atoms with Gasteiger partial charge in [-0.25, -0.2) is 4.98 Å². The van der Waals surface area contributed by atoms with Gasteiger partial charge in [-0.3, -0.25) is 9.88 Å². The van der Waals surface area contributed by atoms with Gasteiger partial charge < -0.3 is 4.74 Å². The molecule has 0 N–H and O–H groups in total. The SMILES string of the molecule is COc1ccc(CN(C)Cc2cnc(Cl)cn2)cc1. The Balaban J connectivity index is 1.92. The third-order valence-corrected chi connectivity index (χ3v) is 2.91. The van der Waals surface area contributed by atoms with Gasteiger partial charge in [-0.1, -0.05) is 23.7 Å². The molecule has 0 atom stereocenters. The van der Waals surface area contributed by atoms with Crippen molar-refractivity contribution in [2.24, 2.45) is 0 Å². The van der Waals surface area contributed by atoms with Crippen LogP contribution < -0.4 is 4.74 Å². The maximum absolute atomic E-state index is 5.71. The highest BCUT2D eigenvalue weighted by molar-refractivity contribution is 6.29. The van der Waals surface area contributed by atoms with Crippen molar-refractivity contribution >= 4 is 11.6 Å². The third kappa shape index (κ3) is 4.19. The van der Waals surface area contributed by atoms with Crippen LogP contribution in [-0.4, -0.2) is 29.0 Å². The normalized spacial score (nSPS) is 10.7. The molecular formula is C14H16ClN3O. The first-order valence-electron chi connectivity index (χ1n) is 5.95. The minimum absolute atomic E-state index is 0.418. The van der Waals surface area contributed by atoms with Crippen LogP contribution in [0.2, 0.25) is 5.15 Å². The monoisotopic (exact) mass is 277 g/mol. The van der Waals surface area contributed by atoms with Gasteiger partial charge in [-0.15, -0.1) is 0 Å².